The van der Waals surface area contributed by atoms with Crippen molar-refractivity contribution in [2.24, 2.45) is 0 Å². The SMILES string of the molecule is CCc1nsc(Sc2nnc(-c3ccc(OC(F)F)cc3)o2)n1. The van der Waals surface area contributed by atoms with Crippen LogP contribution >= 0.6 is 23.3 Å². The van der Waals surface area contributed by atoms with Crippen LogP contribution in [0.2, 0.25) is 0 Å². The van der Waals surface area contributed by atoms with Crippen molar-refractivity contribution in [3.8, 4) is 17.2 Å². The molecule has 10 heteroatoms. The first-order valence-electron chi connectivity index (χ1n) is 6.53. The van der Waals surface area contributed by atoms with E-state index in [1.54, 1.807) is 12.1 Å². The minimum absolute atomic E-state index is 0.0684. The van der Waals surface area contributed by atoms with Crippen molar-refractivity contribution in [1.29, 1.82) is 0 Å². The predicted octanol–water partition coefficient (Wildman–Crippen LogP) is 3.90. The van der Waals surface area contributed by atoms with Crippen LogP contribution in [0, 0.1) is 0 Å². The minimum atomic E-state index is -2.85. The molecule has 23 heavy (non-hydrogen) atoms. The summed E-state index contributed by atoms with van der Waals surface area (Å²) in [6, 6.07) is 5.97. The summed E-state index contributed by atoms with van der Waals surface area (Å²) in [7, 11) is 0. The summed E-state index contributed by atoms with van der Waals surface area (Å²) in [5.74, 6) is 1.13. The fraction of sp³-hybridized carbons (Fsp3) is 0.231. The molecule has 0 radical (unpaired) electrons. The van der Waals surface area contributed by atoms with Crippen LogP contribution in [0.5, 0.6) is 5.75 Å². The molecule has 0 spiro atoms. The highest BCUT2D eigenvalue weighted by molar-refractivity contribution is 8.00. The standard InChI is InChI=1S/C13H10F2N4O2S2/c1-2-9-16-13(23-19-9)22-12-18-17-10(21-12)7-3-5-8(6-4-7)20-11(14)15/h3-6,11H,2H2,1H3. The number of rotatable bonds is 6. The Morgan fingerprint density at radius 3 is 2.70 bits per heavy atom. The van der Waals surface area contributed by atoms with Crippen molar-refractivity contribution in [1.82, 2.24) is 19.6 Å². The van der Waals surface area contributed by atoms with E-state index < -0.39 is 6.61 Å². The maximum atomic E-state index is 12.1. The third kappa shape index (κ3) is 4.02. The van der Waals surface area contributed by atoms with Gasteiger partial charge < -0.3 is 9.15 Å². The van der Waals surface area contributed by atoms with Gasteiger partial charge in [-0.3, -0.25) is 0 Å². The van der Waals surface area contributed by atoms with Gasteiger partial charge in [-0.25, -0.2) is 4.98 Å². The lowest BCUT2D eigenvalue weighted by Gasteiger charge is -2.03. The third-order valence-electron chi connectivity index (χ3n) is 2.67. The number of aryl methyl sites for hydroxylation is 1. The summed E-state index contributed by atoms with van der Waals surface area (Å²) in [5, 5.41) is 8.20. The van der Waals surface area contributed by atoms with Gasteiger partial charge in [-0.1, -0.05) is 6.92 Å². The molecule has 3 aromatic rings. The van der Waals surface area contributed by atoms with Crippen LogP contribution in [0.4, 0.5) is 8.78 Å². The monoisotopic (exact) mass is 356 g/mol. The van der Waals surface area contributed by atoms with E-state index in [4.69, 9.17) is 4.42 Å². The molecule has 0 aliphatic carbocycles. The number of nitrogens with zero attached hydrogens (tertiary/aromatic N) is 4. The second-order valence-corrected chi connectivity index (χ2v) is 6.16. The fourth-order valence-electron chi connectivity index (χ4n) is 1.64. The Balaban J connectivity index is 1.71. The van der Waals surface area contributed by atoms with Crippen LogP contribution in [0.25, 0.3) is 11.5 Å². The van der Waals surface area contributed by atoms with Gasteiger partial charge in [0.25, 0.3) is 5.22 Å². The number of hydrogen-bond acceptors (Lipinski definition) is 8. The molecule has 2 heterocycles. The maximum Gasteiger partial charge on any atom is 0.387 e. The van der Waals surface area contributed by atoms with Crippen LogP contribution in [0.1, 0.15) is 12.7 Å². The summed E-state index contributed by atoms with van der Waals surface area (Å²) in [6.45, 7) is -0.880. The number of ether oxygens (including phenoxy) is 1. The summed E-state index contributed by atoms with van der Waals surface area (Å²) in [5.41, 5.74) is 0.609. The van der Waals surface area contributed by atoms with Gasteiger partial charge >= 0.3 is 6.61 Å². The van der Waals surface area contributed by atoms with Gasteiger partial charge in [-0.2, -0.15) is 13.2 Å². The molecule has 0 amide bonds. The Bertz CT molecular complexity index is 776. The van der Waals surface area contributed by atoms with Crippen LogP contribution in [-0.4, -0.2) is 26.2 Å². The Morgan fingerprint density at radius 2 is 2.04 bits per heavy atom. The molecule has 0 bridgehead atoms. The molecule has 0 N–H and O–H groups in total. The first-order valence-corrected chi connectivity index (χ1v) is 8.12. The van der Waals surface area contributed by atoms with Crippen molar-refractivity contribution in [2.45, 2.75) is 29.5 Å². The zero-order valence-electron chi connectivity index (χ0n) is 11.8. The van der Waals surface area contributed by atoms with Crippen molar-refractivity contribution < 1.29 is 17.9 Å². The first-order chi connectivity index (χ1) is 11.1. The lowest BCUT2D eigenvalue weighted by molar-refractivity contribution is -0.0498. The Kier molecular flexibility index (Phi) is 4.82. The van der Waals surface area contributed by atoms with E-state index in [2.05, 4.69) is 24.3 Å². The number of aromatic nitrogens is 4. The zero-order chi connectivity index (χ0) is 16.2. The topological polar surface area (TPSA) is 73.9 Å². The third-order valence-corrected chi connectivity index (χ3v) is 4.30. The van der Waals surface area contributed by atoms with Crippen LogP contribution in [0.15, 0.2) is 38.2 Å². The van der Waals surface area contributed by atoms with E-state index in [0.29, 0.717) is 10.8 Å². The largest absolute Gasteiger partial charge is 0.435 e. The van der Waals surface area contributed by atoms with E-state index in [0.717, 1.165) is 16.6 Å². The van der Waals surface area contributed by atoms with Crippen LogP contribution < -0.4 is 4.74 Å². The van der Waals surface area contributed by atoms with Crippen molar-refractivity contribution >= 4 is 23.3 Å². The second kappa shape index (κ2) is 7.01. The van der Waals surface area contributed by atoms with Gasteiger partial charge in [0.2, 0.25) is 5.89 Å². The van der Waals surface area contributed by atoms with Crippen molar-refractivity contribution in [3.05, 3.63) is 30.1 Å². The second-order valence-electron chi connectivity index (χ2n) is 4.21. The smallest absolute Gasteiger partial charge is 0.387 e. The summed E-state index contributed by atoms with van der Waals surface area (Å²) >= 11 is 2.50. The molecule has 3 rings (SSSR count). The maximum absolute atomic E-state index is 12.1. The number of benzene rings is 1. The highest BCUT2D eigenvalue weighted by atomic mass is 32.2. The number of hydrogen-bond donors (Lipinski definition) is 0. The minimum Gasteiger partial charge on any atom is -0.435 e. The van der Waals surface area contributed by atoms with E-state index in [1.807, 2.05) is 6.92 Å². The average molecular weight is 356 g/mol. The molecule has 0 aliphatic heterocycles. The molecule has 0 unspecified atom stereocenters. The van der Waals surface area contributed by atoms with Gasteiger partial charge in [-0.15, -0.1) is 10.2 Å². The van der Waals surface area contributed by atoms with Gasteiger partial charge in [0.1, 0.15) is 11.6 Å². The van der Waals surface area contributed by atoms with Crippen LogP contribution in [0.3, 0.4) is 0 Å². The van der Waals surface area contributed by atoms with Gasteiger partial charge in [0.15, 0.2) is 4.34 Å². The Labute approximate surface area is 138 Å². The molecule has 0 saturated heterocycles. The molecule has 0 saturated carbocycles. The Morgan fingerprint density at radius 1 is 1.26 bits per heavy atom. The summed E-state index contributed by atoms with van der Waals surface area (Å²) in [4.78, 5) is 4.30. The molecular formula is C13H10F2N4O2S2. The predicted molar refractivity (Wildman–Crippen MR) is 79.8 cm³/mol. The van der Waals surface area contributed by atoms with Gasteiger partial charge in [0, 0.05) is 23.7 Å². The number of alkyl halides is 2. The molecule has 1 aromatic carbocycles. The molecule has 2 aromatic heterocycles. The van der Waals surface area contributed by atoms with Crippen molar-refractivity contribution in [2.75, 3.05) is 0 Å². The molecule has 0 aliphatic rings. The van der Waals surface area contributed by atoms with Gasteiger partial charge in [0.05, 0.1) is 0 Å². The quantitative estimate of drug-likeness (QED) is 0.663. The van der Waals surface area contributed by atoms with Crippen LogP contribution in [-0.2, 0) is 6.42 Å². The van der Waals surface area contributed by atoms with E-state index in [9.17, 15) is 8.78 Å². The lowest BCUT2D eigenvalue weighted by Crippen LogP contribution is -2.01. The molecular weight excluding hydrogens is 346 g/mol. The molecule has 6 nitrogen and oxygen atoms in total. The van der Waals surface area contributed by atoms with Crippen molar-refractivity contribution in [3.63, 3.8) is 0 Å². The van der Waals surface area contributed by atoms with E-state index in [-0.39, 0.29) is 11.6 Å². The van der Waals surface area contributed by atoms with E-state index in [1.165, 1.54) is 35.4 Å². The molecule has 120 valence electrons. The molecule has 0 atom stereocenters. The average Bonchev–Trinajstić information content (AvgIpc) is 3.17. The Hall–Kier alpha value is -2.07. The molecule has 0 fully saturated rings. The summed E-state index contributed by atoms with van der Waals surface area (Å²) in [6.07, 6.45) is 0.763. The summed E-state index contributed by atoms with van der Waals surface area (Å²) < 4.78 is 38.9. The normalized spacial score (nSPS) is 11.1. The first kappa shape index (κ1) is 15.8. The van der Waals surface area contributed by atoms with E-state index >= 15 is 0 Å². The fourth-order valence-corrected chi connectivity index (χ4v) is 3.12. The highest BCUT2D eigenvalue weighted by Crippen LogP contribution is 2.30. The zero-order valence-corrected chi connectivity index (χ0v) is 13.4. The van der Waals surface area contributed by atoms with Gasteiger partial charge in [-0.05, 0) is 35.8 Å². The number of halogens is 2. The lowest BCUT2D eigenvalue weighted by atomic mass is 10.2. The highest BCUT2D eigenvalue weighted by Gasteiger charge is 2.13.